The normalized spacial score (nSPS) is 11.6. The van der Waals surface area contributed by atoms with Crippen LogP contribution in [0.2, 0.25) is 0 Å². The molecule has 0 saturated heterocycles. The Kier molecular flexibility index (Phi) is 6.86. The van der Waals surface area contributed by atoms with Crippen molar-refractivity contribution in [3.05, 3.63) is 35.5 Å². The van der Waals surface area contributed by atoms with Gasteiger partial charge >= 0.3 is 0 Å². The predicted octanol–water partition coefficient (Wildman–Crippen LogP) is 2.05. The Balaban J connectivity index is 1.98. The van der Waals surface area contributed by atoms with Crippen LogP contribution in [0.15, 0.2) is 29.3 Å². The van der Waals surface area contributed by atoms with Crippen LogP contribution in [0, 0.1) is 6.92 Å². The molecule has 0 spiro atoms. The van der Waals surface area contributed by atoms with Crippen LogP contribution in [0.25, 0.3) is 10.9 Å². The van der Waals surface area contributed by atoms with Crippen LogP contribution in [-0.4, -0.2) is 55.5 Å². The summed E-state index contributed by atoms with van der Waals surface area (Å²) in [5.41, 5.74) is 3.69. The van der Waals surface area contributed by atoms with E-state index in [9.17, 15) is 4.79 Å². The number of benzene rings is 1. The molecule has 0 atom stereocenters. The number of aryl methyl sites for hydroxylation is 1. The number of hydrogen-bond acceptors (Lipinski definition) is 2. The number of nitrogens with one attached hydrogen (secondary N) is 3. The minimum Gasteiger partial charge on any atom is -0.358 e. The third-order valence-corrected chi connectivity index (χ3v) is 4.11. The number of H-pyrrole nitrogens is 1. The standard InChI is InChI=1S/C19H29N5O/c1-5-11-20-19(22-13-18(25)24(3)4)21-12-10-15-14(2)23-17-9-7-6-8-16(15)17/h6-9,23H,5,10-13H2,1-4H3,(H2,20,21,22). The highest BCUT2D eigenvalue weighted by Crippen LogP contribution is 2.21. The molecule has 0 aliphatic heterocycles. The first kappa shape index (κ1) is 18.8. The number of rotatable bonds is 7. The molecule has 2 aromatic rings. The van der Waals surface area contributed by atoms with Gasteiger partial charge in [-0.3, -0.25) is 4.79 Å². The van der Waals surface area contributed by atoms with Gasteiger partial charge in [0.15, 0.2) is 5.96 Å². The average molecular weight is 343 g/mol. The second-order valence-corrected chi connectivity index (χ2v) is 6.33. The minimum atomic E-state index is -0.00919. The molecule has 2 rings (SSSR count). The van der Waals surface area contributed by atoms with E-state index in [1.807, 2.05) is 6.07 Å². The summed E-state index contributed by atoms with van der Waals surface area (Å²) in [4.78, 5) is 21.1. The van der Waals surface area contributed by atoms with Gasteiger partial charge in [0.1, 0.15) is 6.54 Å². The number of carbonyl (C=O) groups excluding carboxylic acids is 1. The van der Waals surface area contributed by atoms with E-state index in [1.165, 1.54) is 22.2 Å². The molecule has 1 heterocycles. The number of para-hydroxylation sites is 1. The van der Waals surface area contributed by atoms with Gasteiger partial charge in [-0.25, -0.2) is 4.99 Å². The monoisotopic (exact) mass is 343 g/mol. The minimum absolute atomic E-state index is 0.00919. The Morgan fingerprint density at radius 3 is 2.64 bits per heavy atom. The maximum absolute atomic E-state index is 11.7. The summed E-state index contributed by atoms with van der Waals surface area (Å²) < 4.78 is 0. The number of aliphatic imine (C=N–C) groups is 1. The van der Waals surface area contributed by atoms with E-state index in [0.29, 0.717) is 5.96 Å². The Hall–Kier alpha value is -2.50. The Labute approximate surface area is 149 Å². The lowest BCUT2D eigenvalue weighted by Gasteiger charge is -2.13. The van der Waals surface area contributed by atoms with E-state index in [0.717, 1.165) is 25.9 Å². The predicted molar refractivity (Wildman–Crippen MR) is 104 cm³/mol. The van der Waals surface area contributed by atoms with Gasteiger partial charge in [0.2, 0.25) is 5.91 Å². The molecule has 136 valence electrons. The first-order chi connectivity index (χ1) is 12.0. The van der Waals surface area contributed by atoms with Crippen molar-refractivity contribution in [1.29, 1.82) is 0 Å². The van der Waals surface area contributed by atoms with Crippen molar-refractivity contribution in [2.75, 3.05) is 33.7 Å². The van der Waals surface area contributed by atoms with Crippen molar-refractivity contribution in [1.82, 2.24) is 20.5 Å². The first-order valence-electron chi connectivity index (χ1n) is 8.81. The van der Waals surface area contributed by atoms with Crippen LogP contribution in [0.5, 0.6) is 0 Å². The second-order valence-electron chi connectivity index (χ2n) is 6.33. The smallest absolute Gasteiger partial charge is 0.243 e. The second kappa shape index (κ2) is 9.11. The van der Waals surface area contributed by atoms with Crippen molar-refractivity contribution in [2.24, 2.45) is 4.99 Å². The highest BCUT2D eigenvalue weighted by atomic mass is 16.2. The molecule has 1 aromatic heterocycles. The molecule has 25 heavy (non-hydrogen) atoms. The third kappa shape index (κ3) is 5.24. The summed E-state index contributed by atoms with van der Waals surface area (Å²) in [5.74, 6) is 0.680. The van der Waals surface area contributed by atoms with Crippen LogP contribution in [-0.2, 0) is 11.2 Å². The molecule has 0 radical (unpaired) electrons. The van der Waals surface area contributed by atoms with E-state index >= 15 is 0 Å². The number of aromatic amines is 1. The van der Waals surface area contributed by atoms with Crippen molar-refractivity contribution in [3.8, 4) is 0 Å². The molecule has 0 aliphatic carbocycles. The fourth-order valence-corrected chi connectivity index (χ4v) is 2.67. The zero-order valence-corrected chi connectivity index (χ0v) is 15.6. The fourth-order valence-electron chi connectivity index (χ4n) is 2.67. The number of aromatic nitrogens is 1. The van der Waals surface area contributed by atoms with Gasteiger partial charge in [-0.05, 0) is 31.4 Å². The molecule has 6 heteroatoms. The quantitative estimate of drug-likeness (QED) is 0.532. The summed E-state index contributed by atoms with van der Waals surface area (Å²) in [5, 5.41) is 7.86. The molecule has 1 aromatic carbocycles. The van der Waals surface area contributed by atoms with E-state index < -0.39 is 0 Å². The van der Waals surface area contributed by atoms with E-state index in [4.69, 9.17) is 0 Å². The van der Waals surface area contributed by atoms with Crippen LogP contribution in [0.3, 0.4) is 0 Å². The lowest BCUT2D eigenvalue weighted by molar-refractivity contribution is -0.127. The Morgan fingerprint density at radius 2 is 1.92 bits per heavy atom. The molecule has 1 amide bonds. The van der Waals surface area contributed by atoms with Gasteiger partial charge in [-0.2, -0.15) is 0 Å². The van der Waals surface area contributed by atoms with Crippen molar-refractivity contribution < 1.29 is 4.79 Å². The van der Waals surface area contributed by atoms with Gasteiger partial charge in [-0.15, -0.1) is 0 Å². The molecular formula is C19H29N5O. The average Bonchev–Trinajstić information content (AvgIpc) is 2.92. The molecule has 6 nitrogen and oxygen atoms in total. The molecule has 0 unspecified atom stereocenters. The lowest BCUT2D eigenvalue weighted by atomic mass is 10.1. The van der Waals surface area contributed by atoms with Crippen LogP contribution < -0.4 is 10.6 Å². The summed E-state index contributed by atoms with van der Waals surface area (Å²) in [6, 6.07) is 8.35. The number of fused-ring (bicyclic) bond motifs is 1. The molecule has 0 saturated carbocycles. The van der Waals surface area contributed by atoms with Gasteiger partial charge in [0, 0.05) is 43.8 Å². The zero-order chi connectivity index (χ0) is 18.2. The van der Waals surface area contributed by atoms with Gasteiger partial charge < -0.3 is 20.5 Å². The van der Waals surface area contributed by atoms with E-state index in [2.05, 4.69) is 52.7 Å². The number of guanidine groups is 1. The summed E-state index contributed by atoms with van der Waals surface area (Å²) in [6.07, 6.45) is 1.90. The van der Waals surface area contributed by atoms with E-state index in [-0.39, 0.29) is 12.5 Å². The molecule has 0 aliphatic rings. The molecule has 0 fully saturated rings. The van der Waals surface area contributed by atoms with Crippen molar-refractivity contribution in [3.63, 3.8) is 0 Å². The number of carbonyl (C=O) groups is 1. The summed E-state index contributed by atoms with van der Waals surface area (Å²) in [6.45, 7) is 5.95. The lowest BCUT2D eigenvalue weighted by Crippen LogP contribution is -2.39. The maximum Gasteiger partial charge on any atom is 0.243 e. The van der Waals surface area contributed by atoms with Crippen LogP contribution in [0.4, 0.5) is 0 Å². The van der Waals surface area contributed by atoms with Gasteiger partial charge in [0.05, 0.1) is 0 Å². The first-order valence-corrected chi connectivity index (χ1v) is 8.81. The van der Waals surface area contributed by atoms with Crippen LogP contribution >= 0.6 is 0 Å². The van der Waals surface area contributed by atoms with Gasteiger partial charge in [0.25, 0.3) is 0 Å². The highest BCUT2D eigenvalue weighted by molar-refractivity contribution is 5.86. The number of amides is 1. The molecule has 3 N–H and O–H groups in total. The third-order valence-electron chi connectivity index (χ3n) is 4.11. The van der Waals surface area contributed by atoms with Crippen LogP contribution in [0.1, 0.15) is 24.6 Å². The summed E-state index contributed by atoms with van der Waals surface area (Å²) >= 11 is 0. The SMILES string of the molecule is CCCNC(=NCC(=O)N(C)C)NCCc1c(C)[nH]c2ccccc12. The van der Waals surface area contributed by atoms with Crippen molar-refractivity contribution >= 4 is 22.8 Å². The Bertz CT molecular complexity index is 732. The zero-order valence-electron chi connectivity index (χ0n) is 15.6. The fraction of sp³-hybridized carbons (Fsp3) is 0.474. The Morgan fingerprint density at radius 1 is 1.20 bits per heavy atom. The highest BCUT2D eigenvalue weighted by Gasteiger charge is 2.08. The maximum atomic E-state index is 11.7. The van der Waals surface area contributed by atoms with Gasteiger partial charge in [-0.1, -0.05) is 25.1 Å². The number of hydrogen-bond donors (Lipinski definition) is 3. The number of nitrogens with zero attached hydrogens (tertiary/aromatic N) is 2. The molecular weight excluding hydrogens is 314 g/mol. The molecule has 0 bridgehead atoms. The van der Waals surface area contributed by atoms with E-state index in [1.54, 1.807) is 19.0 Å². The number of likely N-dealkylation sites (N-methyl/N-ethyl adjacent to an activating group) is 1. The van der Waals surface area contributed by atoms with Crippen molar-refractivity contribution in [2.45, 2.75) is 26.7 Å². The largest absolute Gasteiger partial charge is 0.358 e. The topological polar surface area (TPSA) is 72.5 Å². The summed E-state index contributed by atoms with van der Waals surface area (Å²) in [7, 11) is 3.48.